The molecule has 0 fully saturated rings. The molecule has 0 bridgehead atoms. The number of carbonyl (C=O) groups is 1. The summed E-state index contributed by atoms with van der Waals surface area (Å²) in [5.74, 6) is -0.00239. The second-order valence-electron chi connectivity index (χ2n) is 4.84. The Balaban J connectivity index is 2.68. The molecule has 118 valence electrons. The van der Waals surface area contributed by atoms with E-state index < -0.39 is 10.6 Å². The van der Waals surface area contributed by atoms with Crippen molar-refractivity contribution in [2.75, 3.05) is 20.5 Å². The average molecular weight is 316 g/mol. The van der Waals surface area contributed by atoms with Gasteiger partial charge in [0.25, 0.3) is 0 Å². The van der Waals surface area contributed by atoms with Crippen molar-refractivity contribution in [2.24, 2.45) is 0 Å². The molecule has 1 rings (SSSR count). The van der Waals surface area contributed by atoms with Crippen molar-refractivity contribution >= 4 is 17.7 Å². The summed E-state index contributed by atoms with van der Waals surface area (Å²) in [5.41, 5.74) is 0.866. The Hall–Kier alpha value is -1.27. The lowest BCUT2D eigenvalue weighted by atomic mass is 10.2. The third-order valence-electron chi connectivity index (χ3n) is 2.69. The van der Waals surface area contributed by atoms with Crippen LogP contribution in [-0.2, 0) is 20.0 Å². The molecule has 0 heterocycles. The molecular weight excluding hydrogens is 295 g/mol. The molecule has 0 atom stereocenters. The average Bonchev–Trinajstić information content (AvgIpc) is 2.45. The molecule has 0 saturated carbocycles. The van der Waals surface area contributed by atoms with Crippen LogP contribution in [-0.4, -0.2) is 31.2 Å². The number of methoxy groups -OCH3 is 1. The van der Waals surface area contributed by atoms with Gasteiger partial charge in [0, 0.05) is 12.9 Å². The van der Waals surface area contributed by atoms with Gasteiger partial charge in [-0.25, -0.2) is 4.39 Å². The smallest absolute Gasteiger partial charge is 0.321 e. The predicted molar refractivity (Wildman–Crippen MR) is 80.9 cm³/mol. The highest BCUT2D eigenvalue weighted by Gasteiger charge is 2.29. The first-order valence-corrected chi connectivity index (χ1v) is 7.60. The standard InChI is InChI=1S/C15H21FO4S/c1-5-19-14(17)15(2,3)21-9-11-6-7-12(16)13(8-11)20-10-18-4/h6-8H,5,9-10H2,1-4H3. The molecule has 0 radical (unpaired) electrons. The zero-order valence-corrected chi connectivity index (χ0v) is 13.6. The number of hydrogen-bond acceptors (Lipinski definition) is 5. The van der Waals surface area contributed by atoms with Gasteiger partial charge in [-0.05, 0) is 38.5 Å². The van der Waals surface area contributed by atoms with E-state index >= 15 is 0 Å². The summed E-state index contributed by atoms with van der Waals surface area (Å²) < 4.78 is 27.8. The number of rotatable bonds is 8. The van der Waals surface area contributed by atoms with Crippen LogP contribution >= 0.6 is 11.8 Å². The van der Waals surface area contributed by atoms with Crippen LogP contribution in [0.5, 0.6) is 5.75 Å². The van der Waals surface area contributed by atoms with Crippen molar-refractivity contribution in [3.63, 3.8) is 0 Å². The third-order valence-corrected chi connectivity index (χ3v) is 4.06. The van der Waals surface area contributed by atoms with Crippen molar-refractivity contribution in [2.45, 2.75) is 31.3 Å². The number of halogens is 1. The van der Waals surface area contributed by atoms with E-state index in [0.717, 1.165) is 5.56 Å². The lowest BCUT2D eigenvalue weighted by molar-refractivity contribution is -0.145. The van der Waals surface area contributed by atoms with Gasteiger partial charge in [0.15, 0.2) is 18.4 Å². The van der Waals surface area contributed by atoms with Crippen LogP contribution < -0.4 is 4.74 Å². The van der Waals surface area contributed by atoms with E-state index in [1.807, 2.05) is 13.8 Å². The number of benzene rings is 1. The Morgan fingerprint density at radius 3 is 2.71 bits per heavy atom. The maximum Gasteiger partial charge on any atom is 0.321 e. The maximum atomic E-state index is 13.5. The summed E-state index contributed by atoms with van der Waals surface area (Å²) in [6.07, 6.45) is 0. The molecule has 0 N–H and O–H groups in total. The van der Waals surface area contributed by atoms with E-state index in [4.69, 9.17) is 14.2 Å². The lowest BCUT2D eigenvalue weighted by Crippen LogP contribution is -2.30. The van der Waals surface area contributed by atoms with Gasteiger partial charge < -0.3 is 14.2 Å². The molecule has 0 amide bonds. The van der Waals surface area contributed by atoms with Crippen LogP contribution in [0, 0.1) is 5.82 Å². The van der Waals surface area contributed by atoms with Gasteiger partial charge >= 0.3 is 5.97 Å². The second kappa shape index (κ2) is 8.24. The minimum Gasteiger partial charge on any atom is -0.465 e. The largest absolute Gasteiger partial charge is 0.465 e. The summed E-state index contributed by atoms with van der Waals surface area (Å²) in [6, 6.07) is 4.63. The van der Waals surface area contributed by atoms with Crippen molar-refractivity contribution < 1.29 is 23.4 Å². The van der Waals surface area contributed by atoms with E-state index in [0.29, 0.717) is 12.4 Å². The predicted octanol–water partition coefficient (Wildman–Crippen LogP) is 3.38. The normalized spacial score (nSPS) is 11.3. The highest BCUT2D eigenvalue weighted by atomic mass is 32.2. The zero-order valence-electron chi connectivity index (χ0n) is 12.8. The molecule has 0 spiro atoms. The highest BCUT2D eigenvalue weighted by Crippen LogP contribution is 2.31. The number of esters is 1. The zero-order chi connectivity index (χ0) is 15.9. The molecule has 0 aliphatic heterocycles. The summed E-state index contributed by atoms with van der Waals surface area (Å²) in [6.45, 7) is 5.73. The molecule has 1 aromatic rings. The summed E-state index contributed by atoms with van der Waals surface area (Å²) in [7, 11) is 1.47. The van der Waals surface area contributed by atoms with Crippen LogP contribution in [0.2, 0.25) is 0 Å². The fourth-order valence-electron chi connectivity index (χ4n) is 1.50. The second-order valence-corrected chi connectivity index (χ2v) is 6.43. The summed E-state index contributed by atoms with van der Waals surface area (Å²) >= 11 is 1.43. The first-order chi connectivity index (χ1) is 9.90. The van der Waals surface area contributed by atoms with Gasteiger partial charge in [-0.15, -0.1) is 11.8 Å². The van der Waals surface area contributed by atoms with Gasteiger partial charge in [0.05, 0.1) is 6.61 Å². The van der Waals surface area contributed by atoms with Crippen LogP contribution in [0.3, 0.4) is 0 Å². The number of carbonyl (C=O) groups excluding carboxylic acids is 1. The van der Waals surface area contributed by atoms with Gasteiger partial charge in [-0.1, -0.05) is 6.07 Å². The number of thioether (sulfide) groups is 1. The fourth-order valence-corrected chi connectivity index (χ4v) is 2.38. The third kappa shape index (κ3) is 5.55. The fraction of sp³-hybridized carbons (Fsp3) is 0.533. The first-order valence-electron chi connectivity index (χ1n) is 6.62. The van der Waals surface area contributed by atoms with Crippen LogP contribution in [0.4, 0.5) is 4.39 Å². The Kier molecular flexibility index (Phi) is 6.98. The van der Waals surface area contributed by atoms with E-state index in [9.17, 15) is 9.18 Å². The Morgan fingerprint density at radius 1 is 1.38 bits per heavy atom. The topological polar surface area (TPSA) is 44.8 Å². The van der Waals surface area contributed by atoms with Crippen molar-refractivity contribution in [3.8, 4) is 5.75 Å². The SMILES string of the molecule is CCOC(=O)C(C)(C)SCc1ccc(F)c(OCOC)c1. The van der Waals surface area contributed by atoms with E-state index in [2.05, 4.69) is 0 Å². The molecule has 0 saturated heterocycles. The quantitative estimate of drug-likeness (QED) is 0.543. The van der Waals surface area contributed by atoms with Crippen LogP contribution in [0.15, 0.2) is 18.2 Å². The molecule has 0 aliphatic rings. The number of hydrogen-bond donors (Lipinski definition) is 0. The van der Waals surface area contributed by atoms with E-state index in [1.54, 1.807) is 19.1 Å². The molecule has 1 aromatic carbocycles. The minimum atomic E-state index is -0.655. The maximum absolute atomic E-state index is 13.5. The monoisotopic (exact) mass is 316 g/mol. The molecule has 0 aromatic heterocycles. The van der Waals surface area contributed by atoms with E-state index in [1.165, 1.54) is 24.9 Å². The lowest BCUT2D eigenvalue weighted by Gasteiger charge is -2.21. The van der Waals surface area contributed by atoms with Crippen molar-refractivity contribution in [1.82, 2.24) is 0 Å². The van der Waals surface area contributed by atoms with E-state index in [-0.39, 0.29) is 18.5 Å². The Labute approximate surface area is 129 Å². The van der Waals surface area contributed by atoms with Crippen molar-refractivity contribution in [1.29, 1.82) is 0 Å². The molecule has 4 nitrogen and oxygen atoms in total. The highest BCUT2D eigenvalue weighted by molar-refractivity contribution is 8.00. The van der Waals surface area contributed by atoms with Crippen LogP contribution in [0.25, 0.3) is 0 Å². The molecule has 21 heavy (non-hydrogen) atoms. The number of ether oxygens (including phenoxy) is 3. The van der Waals surface area contributed by atoms with Gasteiger partial charge in [0.2, 0.25) is 0 Å². The van der Waals surface area contributed by atoms with Crippen LogP contribution in [0.1, 0.15) is 26.3 Å². The Morgan fingerprint density at radius 2 is 2.10 bits per heavy atom. The summed E-state index contributed by atoms with van der Waals surface area (Å²) in [5, 5.41) is 0. The van der Waals surface area contributed by atoms with Crippen molar-refractivity contribution in [3.05, 3.63) is 29.6 Å². The first kappa shape index (κ1) is 17.8. The Bertz CT molecular complexity index is 477. The molecule has 0 unspecified atom stereocenters. The minimum absolute atomic E-state index is 0.0121. The van der Waals surface area contributed by atoms with Gasteiger partial charge in [-0.2, -0.15) is 0 Å². The van der Waals surface area contributed by atoms with Gasteiger partial charge in [0.1, 0.15) is 4.75 Å². The molecule has 0 aliphatic carbocycles. The van der Waals surface area contributed by atoms with Gasteiger partial charge in [-0.3, -0.25) is 4.79 Å². The molecule has 6 heteroatoms. The molecular formula is C15H21FO4S. The summed E-state index contributed by atoms with van der Waals surface area (Å²) in [4.78, 5) is 11.8.